The number of hydrogen-bond donors (Lipinski definition) is 2. The first-order valence-electron chi connectivity index (χ1n) is 6.94. The van der Waals surface area contributed by atoms with E-state index in [-0.39, 0.29) is 11.8 Å². The number of phenols is 1. The molecular formula is C17H19Cl2NO. The quantitative estimate of drug-likeness (QED) is 0.794. The van der Waals surface area contributed by atoms with E-state index in [1.807, 2.05) is 36.4 Å². The zero-order valence-corrected chi connectivity index (χ0v) is 13.6. The van der Waals surface area contributed by atoms with Crippen LogP contribution in [0, 0.1) is 5.92 Å². The molecule has 21 heavy (non-hydrogen) atoms. The second-order valence-electron chi connectivity index (χ2n) is 5.40. The third-order valence-electron chi connectivity index (χ3n) is 3.48. The summed E-state index contributed by atoms with van der Waals surface area (Å²) in [5.41, 5.74) is 1.97. The van der Waals surface area contributed by atoms with Crippen LogP contribution in [0.4, 0.5) is 0 Å². The van der Waals surface area contributed by atoms with E-state index in [2.05, 4.69) is 19.2 Å². The average Bonchev–Trinajstić information content (AvgIpc) is 2.45. The summed E-state index contributed by atoms with van der Waals surface area (Å²) < 4.78 is 0. The Morgan fingerprint density at radius 1 is 1.05 bits per heavy atom. The number of para-hydroxylation sites is 1. The summed E-state index contributed by atoms with van der Waals surface area (Å²) in [7, 11) is 0. The molecule has 0 saturated heterocycles. The SMILES string of the molecule is CC(C)C(NCc1cccc(Cl)c1O)c1ccc(Cl)cc1. The average molecular weight is 324 g/mol. The van der Waals surface area contributed by atoms with Gasteiger partial charge in [0.15, 0.2) is 0 Å². The number of phenolic OH excluding ortho intramolecular Hbond substituents is 1. The number of halogens is 2. The van der Waals surface area contributed by atoms with Gasteiger partial charge in [0.05, 0.1) is 5.02 Å². The van der Waals surface area contributed by atoms with E-state index in [4.69, 9.17) is 23.2 Å². The molecule has 0 heterocycles. The van der Waals surface area contributed by atoms with Gasteiger partial charge < -0.3 is 10.4 Å². The lowest BCUT2D eigenvalue weighted by atomic mass is 9.96. The molecule has 2 aromatic rings. The molecule has 0 radical (unpaired) electrons. The minimum absolute atomic E-state index is 0.144. The number of hydrogen-bond acceptors (Lipinski definition) is 2. The fourth-order valence-electron chi connectivity index (χ4n) is 2.33. The van der Waals surface area contributed by atoms with E-state index in [1.165, 1.54) is 5.56 Å². The largest absolute Gasteiger partial charge is 0.506 e. The number of rotatable bonds is 5. The lowest BCUT2D eigenvalue weighted by Gasteiger charge is -2.23. The van der Waals surface area contributed by atoms with Crippen LogP contribution in [0.5, 0.6) is 5.75 Å². The van der Waals surface area contributed by atoms with Crippen LogP contribution in [0.1, 0.15) is 31.0 Å². The summed E-state index contributed by atoms with van der Waals surface area (Å²) in [6, 6.07) is 13.4. The van der Waals surface area contributed by atoms with Gasteiger partial charge in [-0.2, -0.15) is 0 Å². The Hall–Kier alpha value is -1.22. The Kier molecular flexibility index (Phi) is 5.51. The predicted octanol–water partition coefficient (Wildman–Crippen LogP) is 5.19. The molecule has 2 N–H and O–H groups in total. The molecule has 1 unspecified atom stereocenters. The van der Waals surface area contributed by atoms with Gasteiger partial charge in [-0.1, -0.05) is 61.3 Å². The van der Waals surface area contributed by atoms with Crippen LogP contribution in [0.25, 0.3) is 0 Å². The molecule has 2 nitrogen and oxygen atoms in total. The standard InChI is InChI=1S/C17H19Cl2NO/c1-11(2)16(12-6-8-14(18)9-7-12)20-10-13-4-3-5-15(19)17(13)21/h3-9,11,16,20-21H,10H2,1-2H3. The lowest BCUT2D eigenvalue weighted by Crippen LogP contribution is -2.25. The van der Waals surface area contributed by atoms with Crippen molar-refractivity contribution >= 4 is 23.2 Å². The fourth-order valence-corrected chi connectivity index (χ4v) is 2.65. The first-order valence-corrected chi connectivity index (χ1v) is 7.70. The van der Waals surface area contributed by atoms with Crippen LogP contribution < -0.4 is 5.32 Å². The van der Waals surface area contributed by atoms with E-state index >= 15 is 0 Å². The van der Waals surface area contributed by atoms with E-state index in [9.17, 15) is 5.11 Å². The predicted molar refractivity (Wildman–Crippen MR) is 89.0 cm³/mol. The van der Waals surface area contributed by atoms with Gasteiger partial charge in [-0.25, -0.2) is 0 Å². The van der Waals surface area contributed by atoms with Crippen LogP contribution in [-0.4, -0.2) is 5.11 Å². The van der Waals surface area contributed by atoms with Crippen LogP contribution in [0.3, 0.4) is 0 Å². The summed E-state index contributed by atoms with van der Waals surface area (Å²) in [6.07, 6.45) is 0. The molecule has 0 aromatic heterocycles. The van der Waals surface area contributed by atoms with E-state index < -0.39 is 0 Å². The topological polar surface area (TPSA) is 32.3 Å². The highest BCUT2D eigenvalue weighted by Crippen LogP contribution is 2.28. The zero-order valence-electron chi connectivity index (χ0n) is 12.1. The fraction of sp³-hybridized carbons (Fsp3) is 0.294. The highest BCUT2D eigenvalue weighted by atomic mass is 35.5. The number of benzene rings is 2. The number of nitrogens with one attached hydrogen (secondary N) is 1. The molecule has 112 valence electrons. The summed E-state index contributed by atoms with van der Waals surface area (Å²) in [6.45, 7) is 4.87. The van der Waals surface area contributed by atoms with Crippen molar-refractivity contribution in [2.24, 2.45) is 5.92 Å². The van der Waals surface area contributed by atoms with Crippen LogP contribution in [-0.2, 0) is 6.54 Å². The Labute approximate surface area is 135 Å². The van der Waals surface area contributed by atoms with Crippen molar-refractivity contribution in [2.75, 3.05) is 0 Å². The van der Waals surface area contributed by atoms with Crippen molar-refractivity contribution in [1.29, 1.82) is 0 Å². The van der Waals surface area contributed by atoms with Crippen molar-refractivity contribution in [3.8, 4) is 5.75 Å². The molecular weight excluding hydrogens is 305 g/mol. The Balaban J connectivity index is 2.14. The van der Waals surface area contributed by atoms with Gasteiger partial charge in [0, 0.05) is 23.2 Å². The smallest absolute Gasteiger partial charge is 0.138 e. The molecule has 0 aliphatic heterocycles. The normalized spacial score (nSPS) is 12.6. The maximum atomic E-state index is 9.97. The van der Waals surface area contributed by atoms with Crippen molar-refractivity contribution in [2.45, 2.75) is 26.4 Å². The van der Waals surface area contributed by atoms with Gasteiger partial charge in [0.1, 0.15) is 5.75 Å². The Morgan fingerprint density at radius 2 is 1.71 bits per heavy atom. The third-order valence-corrected chi connectivity index (χ3v) is 4.04. The molecule has 0 fully saturated rings. The highest BCUT2D eigenvalue weighted by molar-refractivity contribution is 6.32. The summed E-state index contributed by atoms with van der Waals surface area (Å²) in [5.74, 6) is 0.554. The first-order chi connectivity index (χ1) is 9.99. The van der Waals surface area contributed by atoms with Crippen molar-refractivity contribution in [3.05, 3.63) is 63.6 Å². The monoisotopic (exact) mass is 323 g/mol. The molecule has 0 amide bonds. The number of aromatic hydroxyl groups is 1. The summed E-state index contributed by atoms with van der Waals surface area (Å²) in [5, 5.41) is 14.6. The van der Waals surface area contributed by atoms with Gasteiger partial charge in [0.25, 0.3) is 0 Å². The van der Waals surface area contributed by atoms with Crippen LogP contribution in [0.15, 0.2) is 42.5 Å². The molecule has 2 rings (SSSR count). The van der Waals surface area contributed by atoms with Gasteiger partial charge >= 0.3 is 0 Å². The Morgan fingerprint density at radius 3 is 2.33 bits per heavy atom. The molecule has 0 spiro atoms. The molecule has 1 atom stereocenters. The summed E-state index contributed by atoms with van der Waals surface area (Å²) in [4.78, 5) is 0. The maximum Gasteiger partial charge on any atom is 0.138 e. The van der Waals surface area contributed by atoms with Crippen molar-refractivity contribution in [1.82, 2.24) is 5.32 Å². The van der Waals surface area contributed by atoms with Gasteiger partial charge in [0.2, 0.25) is 0 Å². The van der Waals surface area contributed by atoms with E-state index in [1.54, 1.807) is 6.07 Å². The molecule has 0 aliphatic carbocycles. The molecule has 0 aliphatic rings. The van der Waals surface area contributed by atoms with E-state index in [0.717, 1.165) is 10.6 Å². The van der Waals surface area contributed by atoms with Crippen LogP contribution in [0.2, 0.25) is 10.0 Å². The highest BCUT2D eigenvalue weighted by Gasteiger charge is 2.16. The molecule has 0 bridgehead atoms. The molecule has 0 saturated carbocycles. The van der Waals surface area contributed by atoms with Crippen molar-refractivity contribution in [3.63, 3.8) is 0 Å². The van der Waals surface area contributed by atoms with Crippen molar-refractivity contribution < 1.29 is 5.11 Å². The minimum atomic E-state index is 0.144. The van der Waals surface area contributed by atoms with Gasteiger partial charge in [-0.15, -0.1) is 0 Å². The second-order valence-corrected chi connectivity index (χ2v) is 6.25. The molecule has 2 aromatic carbocycles. The summed E-state index contributed by atoms with van der Waals surface area (Å²) >= 11 is 11.9. The first kappa shape index (κ1) is 16.2. The Bertz CT molecular complexity index is 596. The van der Waals surface area contributed by atoms with E-state index in [0.29, 0.717) is 17.5 Å². The second kappa shape index (κ2) is 7.17. The maximum absolute atomic E-state index is 9.97. The molecule has 4 heteroatoms. The van der Waals surface area contributed by atoms with Gasteiger partial charge in [-0.05, 0) is 29.7 Å². The van der Waals surface area contributed by atoms with Gasteiger partial charge in [-0.3, -0.25) is 0 Å². The minimum Gasteiger partial charge on any atom is -0.506 e. The zero-order chi connectivity index (χ0) is 15.4. The van der Waals surface area contributed by atoms with Crippen LogP contribution >= 0.6 is 23.2 Å². The third kappa shape index (κ3) is 4.13. The lowest BCUT2D eigenvalue weighted by molar-refractivity contribution is 0.402.